The molecule has 1 saturated heterocycles. The molecular weight excluding hydrogens is 642 g/mol. The minimum absolute atomic E-state index is 0.0469. The summed E-state index contributed by atoms with van der Waals surface area (Å²) in [6.45, 7) is -2.24. The normalized spacial score (nSPS) is 17.5. The molecule has 0 saturated carbocycles. The highest BCUT2D eigenvalue weighted by Crippen LogP contribution is 2.33. The van der Waals surface area contributed by atoms with E-state index in [2.05, 4.69) is 15.0 Å². The van der Waals surface area contributed by atoms with Crippen molar-refractivity contribution in [3.8, 4) is 11.8 Å². The van der Waals surface area contributed by atoms with E-state index in [-0.39, 0.29) is 47.2 Å². The van der Waals surface area contributed by atoms with Crippen LogP contribution in [0.2, 0.25) is 0 Å². The highest BCUT2D eigenvalue weighted by atomic mass is 32.2. The molecule has 1 aliphatic heterocycles. The van der Waals surface area contributed by atoms with Gasteiger partial charge in [0, 0.05) is 12.6 Å². The summed E-state index contributed by atoms with van der Waals surface area (Å²) in [6.07, 6.45) is -4.37. The lowest BCUT2D eigenvalue weighted by Crippen LogP contribution is -2.35. The second-order valence-electron chi connectivity index (χ2n) is 10.3. The number of rotatable bonds is 12. The molecule has 0 spiro atoms. The summed E-state index contributed by atoms with van der Waals surface area (Å²) >= 11 is 0. The van der Waals surface area contributed by atoms with Crippen molar-refractivity contribution in [2.75, 3.05) is 23.8 Å². The van der Waals surface area contributed by atoms with Gasteiger partial charge in [-0.2, -0.15) is 27.2 Å². The number of nitriles is 1. The molecule has 0 radical (unpaired) electrons. The quantitative estimate of drug-likeness (QED) is 0.244. The van der Waals surface area contributed by atoms with E-state index in [0.29, 0.717) is 5.56 Å². The van der Waals surface area contributed by atoms with Crippen LogP contribution in [0.15, 0.2) is 65.7 Å². The zero-order valence-electron chi connectivity index (χ0n) is 24.2. The van der Waals surface area contributed by atoms with Crippen molar-refractivity contribution in [1.29, 1.82) is 5.26 Å². The van der Waals surface area contributed by atoms with Crippen LogP contribution in [-0.4, -0.2) is 57.0 Å². The predicted molar refractivity (Wildman–Crippen MR) is 152 cm³/mol. The fraction of sp³-hybridized carbons (Fsp3) is 0.367. The summed E-state index contributed by atoms with van der Waals surface area (Å²) < 4.78 is 114. The molecule has 9 nitrogen and oxygen atoms in total. The number of carbonyl (C=O) groups excluding carboxylic acids is 1. The number of hydrogen-bond donors (Lipinski definition) is 1. The summed E-state index contributed by atoms with van der Waals surface area (Å²) in [5.74, 6) is -2.08. The van der Waals surface area contributed by atoms with E-state index in [1.165, 1.54) is 36.1 Å². The van der Waals surface area contributed by atoms with Crippen molar-refractivity contribution in [3.05, 3.63) is 83.3 Å². The topological polar surface area (TPSA) is 122 Å². The number of pyridine rings is 1. The zero-order chi connectivity index (χ0) is 33.6. The molecule has 0 bridgehead atoms. The van der Waals surface area contributed by atoms with Gasteiger partial charge in [-0.15, -0.1) is 0 Å². The molecule has 1 aliphatic rings. The number of sulfone groups is 1. The molecular formula is C30H28F6N4O5S. The monoisotopic (exact) mass is 670 g/mol. The van der Waals surface area contributed by atoms with Crippen molar-refractivity contribution >= 4 is 21.6 Å². The largest absolute Gasteiger partial charge is 0.489 e. The number of amides is 1. The van der Waals surface area contributed by atoms with Crippen molar-refractivity contribution < 1.29 is 49.0 Å². The Balaban J connectivity index is 1.50. The van der Waals surface area contributed by atoms with Crippen LogP contribution in [0.5, 0.6) is 5.75 Å². The molecule has 1 amide bonds. The molecule has 46 heavy (non-hydrogen) atoms. The highest BCUT2D eigenvalue weighted by Gasteiger charge is 2.37. The molecule has 2 heterocycles. The highest BCUT2D eigenvalue weighted by molar-refractivity contribution is 7.91. The molecule has 3 aromatic rings. The van der Waals surface area contributed by atoms with E-state index in [1.807, 2.05) is 6.07 Å². The Morgan fingerprint density at radius 1 is 1.15 bits per heavy atom. The second kappa shape index (κ2) is 14.4. The maximum Gasteiger partial charge on any atom is 0.416 e. The SMILES string of the molecule is CCS(=O)(=O)c1ccc([C@H](CC#N)NC(=O)c2cnc(N3C[C@@H](Oc4ccc(C(F)(F)F)cc4)C[C@H]3COC(F)F)c(F)c2)cc1. The van der Waals surface area contributed by atoms with Gasteiger partial charge >= 0.3 is 12.8 Å². The number of anilines is 1. The van der Waals surface area contributed by atoms with E-state index in [0.717, 1.165) is 36.5 Å². The lowest BCUT2D eigenvalue weighted by molar-refractivity contribution is -0.137. The minimum atomic E-state index is -4.55. The molecule has 2 aromatic carbocycles. The van der Waals surface area contributed by atoms with Gasteiger partial charge in [-0.1, -0.05) is 19.1 Å². The van der Waals surface area contributed by atoms with E-state index in [4.69, 9.17) is 4.74 Å². The standard InChI is InChI=1S/C30H28F6N4O5S/c1-2-46(42,43)24-9-3-18(4-10-24)26(11-12-37)39-28(41)19-13-25(31)27(38-15-19)40-16-23(14-21(40)17-44-29(32)33)45-22-7-5-20(6-8-22)30(34,35)36/h3-10,13,15,21,23,26,29H,2,11,14,16-17H2,1H3,(H,39,41)/t21-,23-,26-/m0/s1. The van der Waals surface area contributed by atoms with Gasteiger partial charge in [0.05, 0.1) is 59.5 Å². The van der Waals surface area contributed by atoms with Crippen LogP contribution in [0.4, 0.5) is 32.2 Å². The summed E-state index contributed by atoms with van der Waals surface area (Å²) in [7, 11) is -3.47. The Bertz CT molecular complexity index is 1660. The number of carbonyl (C=O) groups is 1. The summed E-state index contributed by atoms with van der Waals surface area (Å²) in [5, 5.41) is 11.9. The van der Waals surface area contributed by atoms with Gasteiger partial charge in [0.25, 0.3) is 5.91 Å². The number of benzene rings is 2. The van der Waals surface area contributed by atoms with E-state index in [1.54, 1.807) is 0 Å². The summed E-state index contributed by atoms with van der Waals surface area (Å²) in [6, 6.07) is 10.6. The lowest BCUT2D eigenvalue weighted by Gasteiger charge is -2.25. The molecule has 1 aromatic heterocycles. The average Bonchev–Trinajstić information content (AvgIpc) is 3.41. The van der Waals surface area contributed by atoms with Crippen molar-refractivity contribution in [2.24, 2.45) is 0 Å². The van der Waals surface area contributed by atoms with Gasteiger partial charge in [-0.25, -0.2) is 17.8 Å². The molecule has 0 unspecified atom stereocenters. The first-order valence-corrected chi connectivity index (χ1v) is 15.5. The number of nitrogens with zero attached hydrogens (tertiary/aromatic N) is 3. The average molecular weight is 671 g/mol. The van der Waals surface area contributed by atoms with Crippen molar-refractivity contribution in [3.63, 3.8) is 0 Å². The van der Waals surface area contributed by atoms with Gasteiger partial charge in [0.15, 0.2) is 21.5 Å². The third kappa shape index (κ3) is 8.46. The first-order chi connectivity index (χ1) is 21.7. The van der Waals surface area contributed by atoms with Crippen LogP contribution in [0.3, 0.4) is 0 Å². The summed E-state index contributed by atoms with van der Waals surface area (Å²) in [4.78, 5) is 18.5. The Morgan fingerprint density at radius 3 is 2.39 bits per heavy atom. The molecule has 4 rings (SSSR count). The maximum atomic E-state index is 15.4. The third-order valence-corrected chi connectivity index (χ3v) is 9.00. The molecule has 3 atom stereocenters. The Labute approximate surface area is 260 Å². The van der Waals surface area contributed by atoms with Gasteiger partial charge in [0.2, 0.25) is 0 Å². The van der Waals surface area contributed by atoms with E-state index in [9.17, 15) is 40.4 Å². The number of alkyl halides is 5. The van der Waals surface area contributed by atoms with Crippen LogP contribution in [0.1, 0.15) is 47.3 Å². The smallest absolute Gasteiger partial charge is 0.416 e. The van der Waals surface area contributed by atoms with Crippen molar-refractivity contribution in [1.82, 2.24) is 10.3 Å². The van der Waals surface area contributed by atoms with E-state index < -0.39 is 64.7 Å². The number of halogens is 6. The zero-order valence-corrected chi connectivity index (χ0v) is 25.0. The van der Waals surface area contributed by atoms with Gasteiger partial charge in [-0.05, 0) is 48.0 Å². The Kier molecular flexibility index (Phi) is 10.8. The van der Waals surface area contributed by atoms with Gasteiger partial charge in [-0.3, -0.25) is 4.79 Å². The van der Waals surface area contributed by atoms with Crippen LogP contribution >= 0.6 is 0 Å². The van der Waals surface area contributed by atoms with Gasteiger partial charge in [0.1, 0.15) is 11.9 Å². The molecule has 246 valence electrons. The first-order valence-electron chi connectivity index (χ1n) is 13.9. The number of hydrogen-bond acceptors (Lipinski definition) is 8. The lowest BCUT2D eigenvalue weighted by atomic mass is 10.0. The van der Waals surface area contributed by atoms with Crippen molar-refractivity contribution in [2.45, 2.75) is 55.6 Å². The Morgan fingerprint density at radius 2 is 1.83 bits per heavy atom. The molecule has 1 fully saturated rings. The fourth-order valence-corrected chi connectivity index (χ4v) is 5.78. The number of ether oxygens (including phenoxy) is 2. The molecule has 16 heteroatoms. The molecule has 0 aliphatic carbocycles. The van der Waals surface area contributed by atoms with Crippen LogP contribution in [0.25, 0.3) is 0 Å². The maximum absolute atomic E-state index is 15.4. The van der Waals surface area contributed by atoms with Crippen LogP contribution in [0, 0.1) is 17.1 Å². The van der Waals surface area contributed by atoms with Crippen LogP contribution < -0.4 is 15.0 Å². The van der Waals surface area contributed by atoms with Gasteiger partial charge < -0.3 is 19.7 Å². The van der Waals surface area contributed by atoms with Crippen LogP contribution in [-0.2, 0) is 20.8 Å². The first kappa shape index (κ1) is 34.5. The fourth-order valence-electron chi connectivity index (χ4n) is 4.90. The number of nitrogens with one attached hydrogen (secondary N) is 1. The third-order valence-electron chi connectivity index (χ3n) is 7.25. The predicted octanol–water partition coefficient (Wildman–Crippen LogP) is 5.68. The molecule has 1 N–H and O–H groups in total. The number of aromatic nitrogens is 1. The van der Waals surface area contributed by atoms with E-state index >= 15 is 4.39 Å². The Hall–Kier alpha value is -4.36. The minimum Gasteiger partial charge on any atom is -0.489 e. The summed E-state index contributed by atoms with van der Waals surface area (Å²) in [5.41, 5.74) is -0.662. The second-order valence-corrected chi connectivity index (χ2v) is 12.6.